The van der Waals surface area contributed by atoms with Gasteiger partial charge >= 0.3 is 0 Å². The quantitative estimate of drug-likeness (QED) is 0.722. The molecule has 84 valence electrons. The van der Waals surface area contributed by atoms with Gasteiger partial charge in [0.25, 0.3) is 0 Å². The first-order valence-electron chi connectivity index (χ1n) is 5.17. The molecule has 3 unspecified atom stereocenters. The van der Waals surface area contributed by atoms with E-state index in [9.17, 15) is 8.42 Å². The Bertz CT molecular complexity index is 277. The van der Waals surface area contributed by atoms with E-state index in [2.05, 4.69) is 11.6 Å². The third-order valence-electron chi connectivity index (χ3n) is 2.89. The van der Waals surface area contributed by atoms with Crippen LogP contribution in [0.4, 0.5) is 0 Å². The van der Waals surface area contributed by atoms with Crippen molar-refractivity contribution in [1.82, 2.24) is 4.72 Å². The first-order chi connectivity index (χ1) is 6.45. The van der Waals surface area contributed by atoms with E-state index in [0.717, 1.165) is 19.3 Å². The van der Waals surface area contributed by atoms with Crippen molar-refractivity contribution < 1.29 is 8.42 Å². The van der Waals surface area contributed by atoms with Gasteiger partial charge in [-0.3, -0.25) is 0 Å². The molecule has 3 N–H and O–H groups in total. The summed E-state index contributed by atoms with van der Waals surface area (Å²) in [4.78, 5) is 0. The van der Waals surface area contributed by atoms with Gasteiger partial charge in [-0.25, -0.2) is 13.1 Å². The molecule has 0 spiro atoms. The topological polar surface area (TPSA) is 72.2 Å². The lowest BCUT2D eigenvalue weighted by molar-refractivity contribution is 0.530. The molecule has 1 aliphatic carbocycles. The van der Waals surface area contributed by atoms with Crippen molar-refractivity contribution in [1.29, 1.82) is 0 Å². The van der Waals surface area contributed by atoms with Crippen molar-refractivity contribution in [3.63, 3.8) is 0 Å². The monoisotopic (exact) mass is 220 g/mol. The summed E-state index contributed by atoms with van der Waals surface area (Å²) < 4.78 is 26.0. The van der Waals surface area contributed by atoms with E-state index >= 15 is 0 Å². The van der Waals surface area contributed by atoms with Gasteiger partial charge in [0.1, 0.15) is 0 Å². The summed E-state index contributed by atoms with van der Waals surface area (Å²) in [5.74, 6) is 0.635. The molecular formula is C9H20N2O2S. The smallest absolute Gasteiger partial charge is 0.215 e. The molecule has 0 aliphatic heterocycles. The Balaban J connectivity index is 2.51. The van der Waals surface area contributed by atoms with Crippen LogP contribution in [0.15, 0.2) is 0 Å². The van der Waals surface area contributed by atoms with Crippen LogP contribution in [0.2, 0.25) is 0 Å². The number of hydrogen-bond acceptors (Lipinski definition) is 3. The average Bonchev–Trinajstić information content (AvgIpc) is 2.48. The summed E-state index contributed by atoms with van der Waals surface area (Å²) >= 11 is 0. The highest BCUT2D eigenvalue weighted by Gasteiger charge is 2.27. The first kappa shape index (κ1) is 11.9. The predicted molar refractivity (Wildman–Crippen MR) is 57.4 cm³/mol. The Morgan fingerprint density at radius 1 is 1.50 bits per heavy atom. The fraction of sp³-hybridized carbons (Fsp3) is 1.00. The highest BCUT2D eigenvalue weighted by atomic mass is 32.2. The third kappa shape index (κ3) is 2.93. The van der Waals surface area contributed by atoms with E-state index in [4.69, 9.17) is 5.73 Å². The van der Waals surface area contributed by atoms with Gasteiger partial charge in [-0.2, -0.15) is 0 Å². The van der Waals surface area contributed by atoms with Crippen LogP contribution in [-0.2, 0) is 10.0 Å². The van der Waals surface area contributed by atoms with Crippen LogP contribution in [0.3, 0.4) is 0 Å². The van der Waals surface area contributed by atoms with Crippen LogP contribution in [0.25, 0.3) is 0 Å². The van der Waals surface area contributed by atoms with Gasteiger partial charge in [-0.15, -0.1) is 0 Å². The van der Waals surface area contributed by atoms with E-state index in [1.807, 2.05) is 0 Å². The van der Waals surface area contributed by atoms with Crippen molar-refractivity contribution in [3.8, 4) is 0 Å². The average molecular weight is 220 g/mol. The van der Waals surface area contributed by atoms with Crippen molar-refractivity contribution in [2.24, 2.45) is 11.7 Å². The molecule has 1 saturated carbocycles. The second-order valence-electron chi connectivity index (χ2n) is 4.32. The molecule has 1 rings (SSSR count). The zero-order valence-corrected chi connectivity index (χ0v) is 9.68. The number of sulfonamides is 1. The third-order valence-corrected chi connectivity index (χ3v) is 4.80. The lowest BCUT2D eigenvalue weighted by atomic mass is 10.1. The van der Waals surface area contributed by atoms with Gasteiger partial charge in [0.05, 0.1) is 5.25 Å². The summed E-state index contributed by atoms with van der Waals surface area (Å²) in [7, 11) is -3.19. The van der Waals surface area contributed by atoms with Crippen LogP contribution in [0.1, 0.15) is 33.1 Å². The van der Waals surface area contributed by atoms with E-state index in [1.165, 1.54) is 0 Å². The molecule has 0 aromatic carbocycles. The maximum atomic E-state index is 11.6. The molecule has 4 nitrogen and oxygen atoms in total. The second kappa shape index (κ2) is 4.59. The Labute approximate surface area is 86.3 Å². The zero-order valence-electron chi connectivity index (χ0n) is 8.86. The van der Waals surface area contributed by atoms with Crippen molar-refractivity contribution in [2.75, 3.05) is 6.54 Å². The molecule has 0 saturated heterocycles. The molecule has 0 heterocycles. The largest absolute Gasteiger partial charge is 0.329 e. The standard InChI is InChI=1S/C9H20N2O2S/c1-7-3-4-9(5-7)11-14(12,13)8(2)6-10/h7-9,11H,3-6,10H2,1-2H3. The van der Waals surface area contributed by atoms with Crippen LogP contribution in [-0.4, -0.2) is 26.3 Å². The minimum atomic E-state index is -3.19. The zero-order chi connectivity index (χ0) is 10.8. The van der Waals surface area contributed by atoms with Crippen molar-refractivity contribution >= 4 is 10.0 Å². The highest BCUT2D eigenvalue weighted by molar-refractivity contribution is 7.90. The molecule has 0 radical (unpaired) electrons. The number of nitrogens with two attached hydrogens (primary N) is 1. The number of rotatable bonds is 4. The number of nitrogens with one attached hydrogen (secondary N) is 1. The second-order valence-corrected chi connectivity index (χ2v) is 6.45. The molecule has 0 amide bonds. The molecule has 3 atom stereocenters. The molecule has 1 aliphatic rings. The normalized spacial score (nSPS) is 30.5. The van der Waals surface area contributed by atoms with Gasteiger partial charge in [0.15, 0.2) is 0 Å². The molecule has 1 fully saturated rings. The Kier molecular flexibility index (Phi) is 3.92. The lowest BCUT2D eigenvalue weighted by Crippen LogP contribution is -2.41. The van der Waals surface area contributed by atoms with Gasteiger partial charge < -0.3 is 5.73 Å². The maximum Gasteiger partial charge on any atom is 0.215 e. The van der Waals surface area contributed by atoms with E-state index in [0.29, 0.717) is 5.92 Å². The summed E-state index contributed by atoms with van der Waals surface area (Å²) in [5.41, 5.74) is 5.34. The van der Waals surface area contributed by atoms with Crippen molar-refractivity contribution in [3.05, 3.63) is 0 Å². The SMILES string of the molecule is CC1CCC(NS(=O)(=O)C(C)CN)C1. The minimum Gasteiger partial charge on any atom is -0.329 e. The summed E-state index contributed by atoms with van der Waals surface area (Å²) in [5, 5.41) is -0.488. The lowest BCUT2D eigenvalue weighted by Gasteiger charge is -2.16. The Morgan fingerprint density at radius 2 is 2.14 bits per heavy atom. The van der Waals surface area contributed by atoms with E-state index in [-0.39, 0.29) is 12.6 Å². The van der Waals surface area contributed by atoms with Gasteiger partial charge in [-0.05, 0) is 32.1 Å². The molecular weight excluding hydrogens is 200 g/mol. The fourth-order valence-electron chi connectivity index (χ4n) is 1.79. The minimum absolute atomic E-state index is 0.129. The van der Waals surface area contributed by atoms with E-state index < -0.39 is 15.3 Å². The van der Waals surface area contributed by atoms with E-state index in [1.54, 1.807) is 6.92 Å². The van der Waals surface area contributed by atoms with Crippen LogP contribution >= 0.6 is 0 Å². The van der Waals surface area contributed by atoms with Gasteiger partial charge in [-0.1, -0.05) is 6.92 Å². The highest BCUT2D eigenvalue weighted by Crippen LogP contribution is 2.25. The van der Waals surface area contributed by atoms with Crippen molar-refractivity contribution in [2.45, 2.75) is 44.4 Å². The van der Waals surface area contributed by atoms with Crippen LogP contribution in [0.5, 0.6) is 0 Å². The molecule has 14 heavy (non-hydrogen) atoms. The Hall–Kier alpha value is -0.130. The van der Waals surface area contributed by atoms with Crippen LogP contribution < -0.4 is 10.5 Å². The maximum absolute atomic E-state index is 11.6. The fourth-order valence-corrected chi connectivity index (χ4v) is 2.95. The van der Waals surface area contributed by atoms with Crippen LogP contribution in [0, 0.1) is 5.92 Å². The number of hydrogen-bond donors (Lipinski definition) is 2. The van der Waals surface area contributed by atoms with Gasteiger partial charge in [0.2, 0.25) is 10.0 Å². The van der Waals surface area contributed by atoms with Gasteiger partial charge in [0, 0.05) is 12.6 Å². The molecule has 0 bridgehead atoms. The summed E-state index contributed by atoms with van der Waals surface area (Å²) in [6, 6.07) is 0.129. The first-order valence-corrected chi connectivity index (χ1v) is 6.71. The molecule has 0 aromatic rings. The predicted octanol–water partition coefficient (Wildman–Crippen LogP) is 0.442. The Morgan fingerprint density at radius 3 is 2.57 bits per heavy atom. The summed E-state index contributed by atoms with van der Waals surface area (Å²) in [6.45, 7) is 3.97. The summed E-state index contributed by atoms with van der Waals surface area (Å²) in [6.07, 6.45) is 3.03. The molecule has 0 aromatic heterocycles. The molecule has 5 heteroatoms.